The molecule has 3 heterocycles. The lowest BCUT2D eigenvalue weighted by atomic mass is 10.1. The monoisotopic (exact) mass is 454 g/mol. The van der Waals surface area contributed by atoms with Crippen molar-refractivity contribution in [2.45, 2.75) is 32.9 Å². The number of amides is 1. The highest BCUT2D eigenvalue weighted by atomic mass is 19.1. The number of carbonyl (C=O) groups is 1. The summed E-state index contributed by atoms with van der Waals surface area (Å²) in [4.78, 5) is 22.2. The predicted octanol–water partition coefficient (Wildman–Crippen LogP) is 4.21. The van der Waals surface area contributed by atoms with Crippen LogP contribution in [0, 0.1) is 18.8 Å². The van der Waals surface area contributed by atoms with Crippen LogP contribution < -0.4 is 4.74 Å². The molecule has 0 saturated carbocycles. The van der Waals surface area contributed by atoms with Crippen LogP contribution in [-0.2, 0) is 9.53 Å². The fourth-order valence-electron chi connectivity index (χ4n) is 3.84. The molecule has 1 aliphatic rings. The van der Waals surface area contributed by atoms with Gasteiger partial charge in [0.2, 0.25) is 11.9 Å². The Labute approximate surface area is 190 Å². The number of ether oxygens (including phenoxy) is 2. The van der Waals surface area contributed by atoms with Crippen LogP contribution in [-0.4, -0.2) is 45.1 Å². The van der Waals surface area contributed by atoms with Crippen molar-refractivity contribution in [1.82, 2.24) is 19.4 Å². The van der Waals surface area contributed by atoms with Gasteiger partial charge in [0.1, 0.15) is 11.9 Å². The van der Waals surface area contributed by atoms with Crippen LogP contribution in [0.15, 0.2) is 48.6 Å². The number of pyridine rings is 1. The Morgan fingerprint density at radius 1 is 1.27 bits per heavy atom. The molecule has 0 spiro atoms. The highest BCUT2D eigenvalue weighted by molar-refractivity contribution is 5.96. The number of imidazole rings is 1. The van der Waals surface area contributed by atoms with Crippen LogP contribution in [0.5, 0.6) is 5.75 Å². The second-order valence-corrected chi connectivity index (χ2v) is 7.94. The number of benzene rings is 1. The average molecular weight is 454 g/mol. The zero-order valence-electron chi connectivity index (χ0n) is 18.8. The number of hydrogen-bond acceptors (Lipinski definition) is 5. The van der Waals surface area contributed by atoms with Crippen molar-refractivity contribution in [1.29, 1.82) is 0 Å². The van der Waals surface area contributed by atoms with E-state index >= 15 is 0 Å². The van der Waals surface area contributed by atoms with Gasteiger partial charge in [-0.2, -0.15) is 13.8 Å². The fraction of sp³-hybridized carbons (Fsp3) is 0.292. The lowest BCUT2D eigenvalue weighted by Crippen LogP contribution is -2.45. The largest absolute Gasteiger partial charge is 0.495 e. The smallest absolute Gasteiger partial charge is 0.289 e. The third kappa shape index (κ3) is 4.57. The summed E-state index contributed by atoms with van der Waals surface area (Å²) in [6, 6.07) is 7.24. The highest BCUT2D eigenvalue weighted by Crippen LogP contribution is 2.30. The van der Waals surface area contributed by atoms with Crippen LogP contribution in [0.25, 0.3) is 11.8 Å². The molecular formula is C24H24F2N4O3. The SMILES string of the molecule is COc1cc(/C=C2\O[C@H](C)CN([C@@H](C)c3ccc(F)nc3F)C2=O)ccc1-n1cnc(C)c1. The molecule has 0 aliphatic carbocycles. The minimum Gasteiger partial charge on any atom is -0.495 e. The molecule has 33 heavy (non-hydrogen) atoms. The number of morpholine rings is 1. The van der Waals surface area contributed by atoms with E-state index in [0.717, 1.165) is 17.4 Å². The molecule has 0 unspecified atom stereocenters. The first kappa shape index (κ1) is 22.4. The van der Waals surface area contributed by atoms with Gasteiger partial charge in [-0.25, -0.2) is 4.98 Å². The first-order valence-electron chi connectivity index (χ1n) is 10.5. The van der Waals surface area contributed by atoms with Gasteiger partial charge < -0.3 is 18.9 Å². The van der Waals surface area contributed by atoms with Gasteiger partial charge in [0.15, 0.2) is 5.76 Å². The maximum atomic E-state index is 14.2. The molecule has 0 radical (unpaired) electrons. The number of nitrogens with zero attached hydrogens (tertiary/aromatic N) is 4. The maximum Gasteiger partial charge on any atom is 0.289 e. The van der Waals surface area contributed by atoms with Crippen LogP contribution in [0.2, 0.25) is 0 Å². The molecular weight excluding hydrogens is 430 g/mol. The Balaban J connectivity index is 1.64. The van der Waals surface area contributed by atoms with Crippen molar-refractivity contribution in [3.63, 3.8) is 0 Å². The Morgan fingerprint density at radius 3 is 2.73 bits per heavy atom. The van der Waals surface area contributed by atoms with Crippen molar-refractivity contribution in [3.05, 3.63) is 77.3 Å². The van der Waals surface area contributed by atoms with Gasteiger partial charge >= 0.3 is 0 Å². The Kier molecular flexibility index (Phi) is 6.13. The molecule has 1 aromatic carbocycles. The van der Waals surface area contributed by atoms with Crippen LogP contribution in [0.4, 0.5) is 8.78 Å². The molecule has 1 saturated heterocycles. The number of halogens is 2. The van der Waals surface area contributed by atoms with Gasteiger partial charge in [0.05, 0.1) is 37.4 Å². The predicted molar refractivity (Wildman–Crippen MR) is 118 cm³/mol. The first-order chi connectivity index (χ1) is 15.8. The summed E-state index contributed by atoms with van der Waals surface area (Å²) >= 11 is 0. The summed E-state index contributed by atoms with van der Waals surface area (Å²) in [7, 11) is 1.57. The van der Waals surface area contributed by atoms with Gasteiger partial charge in [-0.1, -0.05) is 6.07 Å². The van der Waals surface area contributed by atoms with E-state index in [4.69, 9.17) is 9.47 Å². The summed E-state index contributed by atoms with van der Waals surface area (Å²) in [6.45, 7) is 5.66. The maximum absolute atomic E-state index is 14.2. The normalized spacial score (nSPS) is 18.4. The second kappa shape index (κ2) is 9.01. The summed E-state index contributed by atoms with van der Waals surface area (Å²) in [6.07, 6.45) is 4.89. The number of carbonyl (C=O) groups excluding carboxylic acids is 1. The summed E-state index contributed by atoms with van der Waals surface area (Å²) in [5.41, 5.74) is 2.52. The van der Waals surface area contributed by atoms with Gasteiger partial charge in [-0.15, -0.1) is 0 Å². The van der Waals surface area contributed by atoms with Crippen LogP contribution in [0.1, 0.15) is 36.7 Å². The molecule has 9 heteroatoms. The third-order valence-electron chi connectivity index (χ3n) is 5.51. The molecule has 3 aromatic rings. The summed E-state index contributed by atoms with van der Waals surface area (Å²) in [5.74, 6) is -1.51. The lowest BCUT2D eigenvalue weighted by Gasteiger charge is -2.37. The van der Waals surface area contributed by atoms with E-state index in [2.05, 4.69) is 9.97 Å². The van der Waals surface area contributed by atoms with Crippen molar-refractivity contribution >= 4 is 12.0 Å². The summed E-state index contributed by atoms with van der Waals surface area (Å²) < 4.78 is 40.6. The fourth-order valence-corrected chi connectivity index (χ4v) is 3.84. The van der Waals surface area contributed by atoms with E-state index in [9.17, 15) is 13.6 Å². The molecule has 7 nitrogen and oxygen atoms in total. The van der Waals surface area contributed by atoms with Crippen LogP contribution >= 0.6 is 0 Å². The summed E-state index contributed by atoms with van der Waals surface area (Å²) in [5, 5.41) is 0. The van der Waals surface area contributed by atoms with Gasteiger partial charge in [0, 0.05) is 11.8 Å². The highest BCUT2D eigenvalue weighted by Gasteiger charge is 2.34. The average Bonchev–Trinajstić information content (AvgIpc) is 3.21. The third-order valence-corrected chi connectivity index (χ3v) is 5.51. The van der Waals surface area contributed by atoms with Gasteiger partial charge in [-0.05, 0) is 56.7 Å². The topological polar surface area (TPSA) is 69.5 Å². The quantitative estimate of drug-likeness (QED) is 0.427. The van der Waals surface area contributed by atoms with E-state index in [1.165, 1.54) is 11.0 Å². The van der Waals surface area contributed by atoms with E-state index in [1.807, 2.05) is 36.7 Å². The molecule has 1 aliphatic heterocycles. The number of hydrogen-bond donors (Lipinski definition) is 0. The minimum atomic E-state index is -0.935. The zero-order chi connectivity index (χ0) is 23.7. The molecule has 4 rings (SSSR count). The number of methoxy groups -OCH3 is 1. The number of aromatic nitrogens is 3. The van der Waals surface area contributed by atoms with Gasteiger partial charge in [-0.3, -0.25) is 4.79 Å². The molecule has 2 atom stereocenters. The Bertz CT molecular complexity index is 1220. The lowest BCUT2D eigenvalue weighted by molar-refractivity contribution is -0.141. The van der Waals surface area contributed by atoms with Crippen molar-refractivity contribution in [3.8, 4) is 11.4 Å². The number of rotatable bonds is 5. The molecule has 172 valence electrons. The molecule has 1 fully saturated rings. The standard InChI is InChI=1S/C24H24F2N4O3/c1-14-11-29(13-27-14)19-7-5-17(9-20(19)32-4)10-21-24(31)30(12-15(2)33-21)16(3)18-6-8-22(25)28-23(18)26/h5-11,13,15-16H,12H2,1-4H3/b21-10-/t15-,16+/m1/s1. The van der Waals surface area contributed by atoms with Crippen molar-refractivity contribution in [2.24, 2.45) is 0 Å². The number of aryl methyl sites for hydroxylation is 1. The molecule has 2 aromatic heterocycles. The first-order valence-corrected chi connectivity index (χ1v) is 10.5. The molecule has 0 N–H and O–H groups in total. The molecule has 0 bridgehead atoms. The minimum absolute atomic E-state index is 0.129. The van der Waals surface area contributed by atoms with Crippen LogP contribution in [0.3, 0.4) is 0 Å². The zero-order valence-corrected chi connectivity index (χ0v) is 18.8. The van der Waals surface area contributed by atoms with Gasteiger partial charge in [0.25, 0.3) is 5.91 Å². The van der Waals surface area contributed by atoms with E-state index < -0.39 is 23.8 Å². The Morgan fingerprint density at radius 2 is 2.06 bits per heavy atom. The van der Waals surface area contributed by atoms with E-state index in [1.54, 1.807) is 32.5 Å². The van der Waals surface area contributed by atoms with Crippen molar-refractivity contribution < 1.29 is 23.0 Å². The van der Waals surface area contributed by atoms with E-state index in [0.29, 0.717) is 11.3 Å². The molecule has 1 amide bonds. The Hall–Kier alpha value is -3.75. The van der Waals surface area contributed by atoms with Crippen molar-refractivity contribution in [2.75, 3.05) is 13.7 Å². The van der Waals surface area contributed by atoms with E-state index in [-0.39, 0.29) is 24.0 Å². The second-order valence-electron chi connectivity index (χ2n) is 7.94.